The van der Waals surface area contributed by atoms with E-state index in [1.807, 2.05) is 0 Å². The molecule has 0 radical (unpaired) electrons. The summed E-state index contributed by atoms with van der Waals surface area (Å²) in [6, 6.07) is 3.08. The van der Waals surface area contributed by atoms with Crippen molar-refractivity contribution in [2.75, 3.05) is 6.26 Å². The molecule has 1 unspecified atom stereocenters. The van der Waals surface area contributed by atoms with Crippen LogP contribution in [-0.4, -0.2) is 12.5 Å². The van der Waals surface area contributed by atoms with Gasteiger partial charge in [-0.2, -0.15) is 0 Å². The molecule has 0 bridgehead atoms. The van der Waals surface area contributed by atoms with E-state index in [1.54, 1.807) is 25.3 Å². The molecule has 4 heteroatoms. The molecule has 1 nitrogen and oxygen atoms in total. The molecule has 0 aromatic heterocycles. The van der Waals surface area contributed by atoms with Gasteiger partial charge in [0, 0.05) is 11.3 Å². The summed E-state index contributed by atoms with van der Waals surface area (Å²) in [5.41, 5.74) is 0.261. The first-order valence-corrected chi connectivity index (χ1v) is 5.79. The second kappa shape index (κ2) is 5.26. The third-order valence-electron chi connectivity index (χ3n) is 2.28. The average Bonchev–Trinajstić information content (AvgIpc) is 2.22. The summed E-state index contributed by atoms with van der Waals surface area (Å²) >= 11 is 1.16. The fourth-order valence-electron chi connectivity index (χ4n) is 1.36. The molecular weight excluding hydrogens is 218 g/mol. The molecule has 0 saturated carbocycles. The van der Waals surface area contributed by atoms with E-state index in [2.05, 4.69) is 0 Å². The standard InChI is InChI=1S/C11H12F2OS/c1-7(5-6-14)8-3-4-9(15-2)11(13)10(8)12/h3-4,6-7H,5H2,1-2H3. The highest BCUT2D eigenvalue weighted by molar-refractivity contribution is 7.98. The molecular formula is C11H12F2OS. The van der Waals surface area contributed by atoms with Gasteiger partial charge in [0.25, 0.3) is 0 Å². The van der Waals surface area contributed by atoms with E-state index >= 15 is 0 Å². The lowest BCUT2D eigenvalue weighted by Gasteiger charge is -2.11. The summed E-state index contributed by atoms with van der Waals surface area (Å²) in [6.07, 6.45) is 2.60. The van der Waals surface area contributed by atoms with Crippen molar-refractivity contribution in [3.8, 4) is 0 Å². The molecule has 82 valence electrons. The van der Waals surface area contributed by atoms with Crippen LogP contribution in [0.4, 0.5) is 8.78 Å². The van der Waals surface area contributed by atoms with Crippen LogP contribution in [0.3, 0.4) is 0 Å². The van der Waals surface area contributed by atoms with Gasteiger partial charge in [-0.3, -0.25) is 0 Å². The van der Waals surface area contributed by atoms with E-state index in [9.17, 15) is 13.6 Å². The van der Waals surface area contributed by atoms with Gasteiger partial charge in [0.1, 0.15) is 6.29 Å². The monoisotopic (exact) mass is 230 g/mol. The van der Waals surface area contributed by atoms with Gasteiger partial charge in [-0.05, 0) is 23.8 Å². The van der Waals surface area contributed by atoms with Gasteiger partial charge >= 0.3 is 0 Å². The van der Waals surface area contributed by atoms with Crippen LogP contribution in [0.25, 0.3) is 0 Å². The van der Waals surface area contributed by atoms with Crippen molar-refractivity contribution < 1.29 is 13.6 Å². The third kappa shape index (κ3) is 2.56. The summed E-state index contributed by atoms with van der Waals surface area (Å²) in [4.78, 5) is 10.6. The average molecular weight is 230 g/mol. The lowest BCUT2D eigenvalue weighted by Crippen LogP contribution is -2.01. The highest BCUT2D eigenvalue weighted by Crippen LogP contribution is 2.28. The van der Waals surface area contributed by atoms with Crippen LogP contribution in [0.2, 0.25) is 0 Å². The molecule has 1 aromatic rings. The largest absolute Gasteiger partial charge is 0.303 e. The smallest absolute Gasteiger partial charge is 0.172 e. The molecule has 0 amide bonds. The maximum Gasteiger partial charge on any atom is 0.172 e. The molecule has 0 N–H and O–H groups in total. The van der Waals surface area contributed by atoms with Crippen molar-refractivity contribution in [2.45, 2.75) is 24.2 Å². The SMILES string of the molecule is CSc1ccc(C(C)CC=O)c(F)c1F. The normalized spacial score (nSPS) is 12.5. The maximum absolute atomic E-state index is 13.5. The van der Waals surface area contributed by atoms with E-state index in [1.165, 1.54) is 0 Å². The second-order valence-corrected chi connectivity index (χ2v) is 4.14. The predicted octanol–water partition coefficient (Wildman–Crippen LogP) is 3.38. The van der Waals surface area contributed by atoms with E-state index in [0.29, 0.717) is 6.29 Å². The summed E-state index contributed by atoms with van der Waals surface area (Å²) in [5.74, 6) is -1.94. The molecule has 1 aromatic carbocycles. The number of hydrogen-bond donors (Lipinski definition) is 0. The first-order valence-electron chi connectivity index (χ1n) is 4.57. The molecule has 0 fully saturated rings. The summed E-state index contributed by atoms with van der Waals surface area (Å²) < 4.78 is 26.9. The van der Waals surface area contributed by atoms with E-state index < -0.39 is 11.6 Å². The van der Waals surface area contributed by atoms with Gasteiger partial charge in [0.15, 0.2) is 11.6 Å². The number of benzene rings is 1. The number of carbonyl (C=O) groups excluding carboxylic acids is 1. The zero-order valence-electron chi connectivity index (χ0n) is 8.59. The van der Waals surface area contributed by atoms with Crippen molar-refractivity contribution in [2.24, 2.45) is 0 Å². The van der Waals surface area contributed by atoms with Gasteiger partial charge in [0.05, 0.1) is 0 Å². The highest BCUT2D eigenvalue weighted by Gasteiger charge is 2.16. The number of aldehydes is 1. The lowest BCUT2D eigenvalue weighted by molar-refractivity contribution is -0.108. The zero-order chi connectivity index (χ0) is 11.4. The van der Waals surface area contributed by atoms with Gasteiger partial charge in [0.2, 0.25) is 0 Å². The minimum Gasteiger partial charge on any atom is -0.303 e. The van der Waals surface area contributed by atoms with Crippen molar-refractivity contribution in [3.63, 3.8) is 0 Å². The quantitative estimate of drug-likeness (QED) is 0.582. The van der Waals surface area contributed by atoms with Crippen molar-refractivity contribution in [1.29, 1.82) is 0 Å². The number of rotatable bonds is 4. The molecule has 0 heterocycles. The number of carbonyl (C=O) groups is 1. The van der Waals surface area contributed by atoms with Crippen LogP contribution in [0.1, 0.15) is 24.8 Å². The number of halogens is 2. The molecule has 0 spiro atoms. The first-order chi connectivity index (χ1) is 7.11. The van der Waals surface area contributed by atoms with Crippen molar-refractivity contribution >= 4 is 18.0 Å². The minimum atomic E-state index is -0.837. The Morgan fingerprint density at radius 1 is 1.40 bits per heavy atom. The van der Waals surface area contributed by atoms with Gasteiger partial charge < -0.3 is 4.79 Å². The Morgan fingerprint density at radius 2 is 2.07 bits per heavy atom. The molecule has 0 saturated heterocycles. The van der Waals surface area contributed by atoms with Crippen molar-refractivity contribution in [3.05, 3.63) is 29.3 Å². The fourth-order valence-corrected chi connectivity index (χ4v) is 1.83. The molecule has 15 heavy (non-hydrogen) atoms. The maximum atomic E-state index is 13.5. The van der Waals surface area contributed by atoms with Crippen molar-refractivity contribution in [1.82, 2.24) is 0 Å². The zero-order valence-corrected chi connectivity index (χ0v) is 9.41. The van der Waals surface area contributed by atoms with Crippen LogP contribution in [0.15, 0.2) is 17.0 Å². The second-order valence-electron chi connectivity index (χ2n) is 3.29. The summed E-state index contributed by atoms with van der Waals surface area (Å²) in [7, 11) is 0. The number of thioether (sulfide) groups is 1. The molecule has 0 aliphatic rings. The highest BCUT2D eigenvalue weighted by atomic mass is 32.2. The lowest BCUT2D eigenvalue weighted by atomic mass is 9.98. The minimum absolute atomic E-state index is 0.203. The Hall–Kier alpha value is -0.900. The Morgan fingerprint density at radius 3 is 2.60 bits per heavy atom. The Bertz CT molecular complexity index is 366. The molecule has 0 aliphatic carbocycles. The predicted molar refractivity (Wildman–Crippen MR) is 57.2 cm³/mol. The van der Waals surface area contributed by atoms with Crippen LogP contribution < -0.4 is 0 Å². The van der Waals surface area contributed by atoms with Gasteiger partial charge in [-0.25, -0.2) is 8.78 Å². The topological polar surface area (TPSA) is 17.1 Å². The van der Waals surface area contributed by atoms with E-state index in [0.717, 1.165) is 11.8 Å². The Balaban J connectivity index is 3.11. The van der Waals surface area contributed by atoms with Crippen LogP contribution in [0, 0.1) is 11.6 Å². The molecule has 1 atom stereocenters. The Labute approximate surface area is 91.9 Å². The van der Waals surface area contributed by atoms with Crippen LogP contribution >= 0.6 is 11.8 Å². The van der Waals surface area contributed by atoms with Crippen LogP contribution in [0.5, 0.6) is 0 Å². The van der Waals surface area contributed by atoms with Gasteiger partial charge in [-0.15, -0.1) is 11.8 Å². The number of hydrogen-bond acceptors (Lipinski definition) is 2. The third-order valence-corrected chi connectivity index (χ3v) is 3.03. The first kappa shape index (κ1) is 12.2. The summed E-state index contributed by atoms with van der Waals surface area (Å²) in [6.45, 7) is 1.70. The summed E-state index contributed by atoms with van der Waals surface area (Å²) in [5, 5.41) is 0. The van der Waals surface area contributed by atoms with E-state index in [4.69, 9.17) is 0 Å². The molecule has 0 aliphatic heterocycles. The van der Waals surface area contributed by atoms with Gasteiger partial charge in [-0.1, -0.05) is 13.0 Å². The fraction of sp³-hybridized carbons (Fsp3) is 0.364. The molecule has 1 rings (SSSR count). The Kier molecular flexibility index (Phi) is 4.27. The van der Waals surface area contributed by atoms with Crippen LogP contribution in [-0.2, 0) is 4.79 Å². The van der Waals surface area contributed by atoms with E-state index in [-0.39, 0.29) is 22.8 Å².